The monoisotopic (exact) mass is 551 g/mol. The van der Waals surface area contributed by atoms with E-state index in [0.717, 1.165) is 16.8 Å². The van der Waals surface area contributed by atoms with Crippen molar-refractivity contribution >= 4 is 29.4 Å². The molecule has 1 spiro atoms. The number of benzene rings is 1. The summed E-state index contributed by atoms with van der Waals surface area (Å²) in [5, 5.41) is 12.4. The third kappa shape index (κ3) is 4.73. The summed E-state index contributed by atoms with van der Waals surface area (Å²) in [4.78, 5) is 57.6. The highest BCUT2D eigenvalue weighted by atomic mass is 16.6. The normalized spacial score (nSPS) is 33.2. The predicted molar refractivity (Wildman–Crippen MR) is 146 cm³/mol. The van der Waals surface area contributed by atoms with E-state index >= 15 is 0 Å². The fourth-order valence-electron chi connectivity index (χ4n) is 6.55. The van der Waals surface area contributed by atoms with Crippen LogP contribution in [0.2, 0.25) is 0 Å². The van der Waals surface area contributed by atoms with E-state index in [1.807, 2.05) is 44.2 Å². The Balaban J connectivity index is 1.62. The van der Waals surface area contributed by atoms with Crippen LogP contribution in [0.1, 0.15) is 37.3 Å². The Bertz CT molecular complexity index is 1240. The Morgan fingerprint density at radius 1 is 1.10 bits per heavy atom. The van der Waals surface area contributed by atoms with Gasteiger partial charge in [-0.15, -0.1) is 0 Å². The lowest BCUT2D eigenvalue weighted by Crippen LogP contribution is -2.56. The second kappa shape index (κ2) is 11.2. The zero-order valence-corrected chi connectivity index (χ0v) is 23.2. The number of nitrogens with zero attached hydrogens (tertiary/aromatic N) is 2. The van der Waals surface area contributed by atoms with Gasteiger partial charge < -0.3 is 29.7 Å². The molecule has 4 aliphatic heterocycles. The quantitative estimate of drug-likeness (QED) is 0.430. The van der Waals surface area contributed by atoms with Gasteiger partial charge in [-0.05, 0) is 44.7 Å². The Morgan fingerprint density at radius 2 is 1.85 bits per heavy atom. The number of rotatable bonds is 4. The van der Waals surface area contributed by atoms with Crippen molar-refractivity contribution in [3.8, 4) is 0 Å². The summed E-state index contributed by atoms with van der Waals surface area (Å²) < 4.78 is 12.1. The Morgan fingerprint density at radius 3 is 2.58 bits per heavy atom. The van der Waals surface area contributed by atoms with Crippen molar-refractivity contribution < 1.29 is 33.8 Å². The average Bonchev–Trinajstić information content (AvgIpc) is 3.55. The van der Waals surface area contributed by atoms with Crippen molar-refractivity contribution in [3.05, 3.63) is 53.6 Å². The standard InChI is InChI=1S/C30H37N3O7/c1-18-9-7-10-19(2)25(18)32-14-6-4-5-11-22(35)31-17-20(3)39-29(38)23-21-12-13-30(40-21)24(23)27(36)33(15-8-16-34)26(30)28(32)37/h4,6-7,9-10,12-13,20-21,23-24,26,34H,5,8,11,14-17H2,1-3H3,(H,31,35)/b6-4-/t20-,21+,23-,24-,26+,30-/m0/s1. The van der Waals surface area contributed by atoms with Crippen molar-refractivity contribution in [2.45, 2.75) is 63.9 Å². The number of anilines is 1. The van der Waals surface area contributed by atoms with Crippen molar-refractivity contribution in [2.75, 3.05) is 31.1 Å². The molecule has 2 saturated heterocycles. The number of aliphatic hydroxyl groups is 1. The largest absolute Gasteiger partial charge is 0.460 e. The van der Waals surface area contributed by atoms with E-state index in [0.29, 0.717) is 6.42 Å². The summed E-state index contributed by atoms with van der Waals surface area (Å²) in [5.74, 6) is -3.31. The smallest absolute Gasteiger partial charge is 0.313 e. The van der Waals surface area contributed by atoms with Gasteiger partial charge in [0, 0.05) is 31.8 Å². The van der Waals surface area contributed by atoms with Gasteiger partial charge in [0.2, 0.25) is 11.8 Å². The first-order valence-corrected chi connectivity index (χ1v) is 14.0. The molecule has 40 heavy (non-hydrogen) atoms. The number of aliphatic hydroxyl groups excluding tert-OH is 1. The van der Waals surface area contributed by atoms with Crippen LogP contribution in [-0.2, 0) is 28.7 Å². The number of esters is 1. The number of carbonyl (C=O) groups is 4. The zero-order valence-electron chi connectivity index (χ0n) is 23.2. The first-order valence-electron chi connectivity index (χ1n) is 14.0. The van der Waals surface area contributed by atoms with E-state index in [1.165, 1.54) is 4.90 Å². The molecule has 2 N–H and O–H groups in total. The third-order valence-electron chi connectivity index (χ3n) is 8.31. The van der Waals surface area contributed by atoms with Crippen molar-refractivity contribution in [1.29, 1.82) is 0 Å². The Kier molecular flexibility index (Phi) is 7.83. The highest BCUT2D eigenvalue weighted by Crippen LogP contribution is 2.55. The maximum absolute atomic E-state index is 14.7. The van der Waals surface area contributed by atoms with E-state index < -0.39 is 41.7 Å². The molecule has 0 aliphatic carbocycles. The lowest BCUT2D eigenvalue weighted by atomic mass is 9.74. The van der Waals surface area contributed by atoms with Crippen molar-refractivity contribution in [1.82, 2.24) is 10.2 Å². The number of ether oxygens (including phenoxy) is 2. The lowest BCUT2D eigenvalue weighted by Gasteiger charge is -2.36. The number of allylic oxidation sites excluding steroid dienone is 1. The van der Waals surface area contributed by atoms with Gasteiger partial charge in [-0.1, -0.05) is 42.5 Å². The fourth-order valence-corrected chi connectivity index (χ4v) is 6.55. The van der Waals surface area contributed by atoms with Crippen LogP contribution < -0.4 is 10.2 Å². The number of para-hydroxylation sites is 1. The number of hydrogen-bond acceptors (Lipinski definition) is 7. The molecule has 214 valence electrons. The summed E-state index contributed by atoms with van der Waals surface area (Å²) in [5.41, 5.74) is 1.20. The molecule has 0 saturated carbocycles. The molecule has 6 atom stereocenters. The summed E-state index contributed by atoms with van der Waals surface area (Å²) in [6.07, 6.45) is 6.94. The highest BCUT2D eigenvalue weighted by Gasteiger charge is 2.73. The summed E-state index contributed by atoms with van der Waals surface area (Å²) in [6.45, 7) is 5.91. The Labute approximate surface area is 234 Å². The molecule has 1 aromatic carbocycles. The number of aryl methyl sites for hydroxylation is 2. The molecule has 10 heteroatoms. The topological polar surface area (TPSA) is 125 Å². The van der Waals surface area contributed by atoms with Crippen molar-refractivity contribution in [3.63, 3.8) is 0 Å². The first-order chi connectivity index (χ1) is 19.2. The number of cyclic esters (lactones) is 1. The highest BCUT2D eigenvalue weighted by molar-refractivity contribution is 6.06. The van der Waals surface area contributed by atoms with Gasteiger partial charge >= 0.3 is 5.97 Å². The van der Waals surface area contributed by atoms with Crippen LogP contribution in [-0.4, -0.2) is 83.8 Å². The second-order valence-corrected chi connectivity index (χ2v) is 11.1. The Hall–Kier alpha value is -3.50. The van der Waals surface area contributed by atoms with Gasteiger partial charge in [0.05, 0.1) is 18.6 Å². The minimum atomic E-state index is -1.33. The van der Waals surface area contributed by atoms with E-state index in [-0.39, 0.29) is 56.8 Å². The molecule has 2 fully saturated rings. The first kappa shape index (κ1) is 28.0. The van der Waals surface area contributed by atoms with Gasteiger partial charge in [-0.2, -0.15) is 0 Å². The molecule has 0 unspecified atom stereocenters. The van der Waals surface area contributed by atoms with Crippen LogP contribution >= 0.6 is 0 Å². The summed E-state index contributed by atoms with van der Waals surface area (Å²) in [6, 6.07) is 4.76. The molecule has 4 heterocycles. The second-order valence-electron chi connectivity index (χ2n) is 11.1. The third-order valence-corrected chi connectivity index (χ3v) is 8.31. The van der Waals surface area contributed by atoms with Gasteiger partial charge in [0.1, 0.15) is 23.7 Å². The number of fused-ring (bicyclic) bond motifs is 2. The van der Waals surface area contributed by atoms with Gasteiger partial charge in [-0.3, -0.25) is 19.2 Å². The minimum absolute atomic E-state index is 0.145. The molecule has 3 amide bonds. The SMILES string of the molecule is Cc1cccc(C)c1N1C/C=C\CCC(=O)NC[C@H](C)OC(=O)[C@@H]2[C@H]3C(=O)N(CCCO)[C@H](C1=O)[C@]31C=C[C@H]2O1. The van der Waals surface area contributed by atoms with E-state index in [9.17, 15) is 24.3 Å². The van der Waals surface area contributed by atoms with E-state index in [1.54, 1.807) is 24.0 Å². The predicted octanol–water partition coefficient (Wildman–Crippen LogP) is 1.57. The maximum atomic E-state index is 14.7. The van der Waals surface area contributed by atoms with Gasteiger partial charge in [0.15, 0.2) is 0 Å². The fraction of sp³-hybridized carbons (Fsp3) is 0.533. The van der Waals surface area contributed by atoms with Gasteiger partial charge in [-0.25, -0.2) is 0 Å². The number of likely N-dealkylation sites (tertiary alicyclic amines) is 1. The number of nitrogens with one attached hydrogen (secondary N) is 1. The molecule has 0 aromatic heterocycles. The molecular weight excluding hydrogens is 514 g/mol. The van der Waals surface area contributed by atoms with Crippen molar-refractivity contribution in [2.24, 2.45) is 11.8 Å². The van der Waals surface area contributed by atoms with E-state index in [4.69, 9.17) is 9.47 Å². The summed E-state index contributed by atoms with van der Waals surface area (Å²) >= 11 is 0. The number of hydrogen-bond donors (Lipinski definition) is 2. The molecular formula is C30H37N3O7. The summed E-state index contributed by atoms with van der Waals surface area (Å²) in [7, 11) is 0. The zero-order chi connectivity index (χ0) is 28.6. The average molecular weight is 552 g/mol. The molecule has 1 aromatic rings. The van der Waals surface area contributed by atoms with Crippen LogP contribution in [0.3, 0.4) is 0 Å². The van der Waals surface area contributed by atoms with E-state index in [2.05, 4.69) is 5.32 Å². The van der Waals surface area contributed by atoms with Gasteiger partial charge in [0.25, 0.3) is 5.91 Å². The molecule has 5 rings (SSSR count). The van der Waals surface area contributed by atoms with Crippen LogP contribution in [0.25, 0.3) is 0 Å². The molecule has 0 radical (unpaired) electrons. The van der Waals surface area contributed by atoms with Crippen LogP contribution in [0.5, 0.6) is 0 Å². The molecule has 10 nitrogen and oxygen atoms in total. The molecule has 4 aliphatic rings. The number of amides is 3. The number of carbonyl (C=O) groups excluding carboxylic acids is 4. The molecule has 5 bridgehead atoms. The minimum Gasteiger partial charge on any atom is -0.460 e. The van der Waals surface area contributed by atoms with Crippen LogP contribution in [0, 0.1) is 25.7 Å². The van der Waals surface area contributed by atoms with Crippen LogP contribution in [0.4, 0.5) is 5.69 Å². The van der Waals surface area contributed by atoms with Crippen LogP contribution in [0.15, 0.2) is 42.5 Å². The lowest BCUT2D eigenvalue weighted by molar-refractivity contribution is -0.158. The maximum Gasteiger partial charge on any atom is 0.313 e.